The van der Waals surface area contributed by atoms with Gasteiger partial charge in [-0.3, -0.25) is 9.69 Å². The molecule has 30 heavy (non-hydrogen) atoms. The summed E-state index contributed by atoms with van der Waals surface area (Å²) < 4.78 is 0. The van der Waals surface area contributed by atoms with Gasteiger partial charge in [0.1, 0.15) is 11.3 Å². The first-order valence-electron chi connectivity index (χ1n) is 10.1. The minimum absolute atomic E-state index is 0.180. The molecule has 0 spiro atoms. The molecule has 0 unspecified atom stereocenters. The molecule has 4 rings (SSSR count). The second-order valence-electron chi connectivity index (χ2n) is 7.68. The largest absolute Gasteiger partial charge is 0.507 e. The summed E-state index contributed by atoms with van der Waals surface area (Å²) in [6, 6.07) is 19.2. The van der Waals surface area contributed by atoms with Crippen molar-refractivity contribution >= 4 is 28.3 Å². The van der Waals surface area contributed by atoms with E-state index in [-0.39, 0.29) is 17.2 Å². The third-order valence-electron chi connectivity index (χ3n) is 5.45. The fraction of sp³-hybridized carbons (Fsp3) is 0.250. The normalized spacial score (nSPS) is 13.5. The summed E-state index contributed by atoms with van der Waals surface area (Å²) in [5, 5.41) is 23.9. The number of aromatic hydroxyl groups is 1. The summed E-state index contributed by atoms with van der Waals surface area (Å²) in [7, 11) is 0. The zero-order valence-corrected chi connectivity index (χ0v) is 16.5. The van der Waals surface area contributed by atoms with Gasteiger partial charge in [0, 0.05) is 31.2 Å². The number of phenols is 1. The van der Waals surface area contributed by atoms with Gasteiger partial charge in [-0.2, -0.15) is 0 Å². The van der Waals surface area contributed by atoms with E-state index in [1.807, 2.05) is 12.1 Å². The molecule has 1 aliphatic rings. The number of carbonyl (C=O) groups excluding carboxylic acids is 1. The summed E-state index contributed by atoms with van der Waals surface area (Å²) in [5.41, 5.74) is 1.38. The van der Waals surface area contributed by atoms with Crippen LogP contribution in [-0.2, 0) is 11.3 Å². The van der Waals surface area contributed by atoms with Crippen LogP contribution < -0.4 is 5.32 Å². The van der Waals surface area contributed by atoms with Crippen LogP contribution in [0.3, 0.4) is 0 Å². The van der Waals surface area contributed by atoms with Crippen molar-refractivity contribution in [1.29, 1.82) is 0 Å². The lowest BCUT2D eigenvalue weighted by Crippen LogP contribution is -2.29. The van der Waals surface area contributed by atoms with E-state index in [0.29, 0.717) is 24.7 Å². The maximum Gasteiger partial charge on any atom is 0.339 e. The molecule has 0 aliphatic heterocycles. The average molecular weight is 404 g/mol. The maximum atomic E-state index is 12.4. The first-order chi connectivity index (χ1) is 14.5. The number of carboxylic acids is 1. The number of benzene rings is 3. The van der Waals surface area contributed by atoms with Crippen molar-refractivity contribution in [3.63, 3.8) is 0 Å². The number of carbonyl (C=O) groups is 2. The third-order valence-corrected chi connectivity index (χ3v) is 5.45. The predicted octanol–water partition coefficient (Wildman–Crippen LogP) is 4.24. The smallest absolute Gasteiger partial charge is 0.339 e. The topological polar surface area (TPSA) is 89.9 Å². The lowest BCUT2D eigenvalue weighted by molar-refractivity contribution is -0.116. The molecule has 3 aromatic carbocycles. The number of hydrogen-bond donors (Lipinski definition) is 3. The molecule has 0 heterocycles. The molecular formula is C24H24N2O4. The van der Waals surface area contributed by atoms with Crippen molar-refractivity contribution in [2.45, 2.75) is 31.8 Å². The maximum absolute atomic E-state index is 12.4. The Balaban J connectivity index is 1.40. The molecule has 0 aromatic heterocycles. The van der Waals surface area contributed by atoms with Crippen LogP contribution in [0.4, 0.5) is 5.69 Å². The van der Waals surface area contributed by atoms with Crippen LogP contribution in [-0.4, -0.2) is 39.6 Å². The zero-order valence-electron chi connectivity index (χ0n) is 16.5. The van der Waals surface area contributed by atoms with Crippen LogP contribution in [0.25, 0.3) is 10.8 Å². The van der Waals surface area contributed by atoms with Crippen molar-refractivity contribution in [2.24, 2.45) is 0 Å². The number of aromatic carboxylic acids is 1. The number of fused-ring (bicyclic) bond motifs is 1. The Morgan fingerprint density at radius 2 is 1.80 bits per heavy atom. The van der Waals surface area contributed by atoms with Crippen LogP contribution in [0.2, 0.25) is 0 Å². The van der Waals surface area contributed by atoms with Gasteiger partial charge in [0.15, 0.2) is 0 Å². The molecule has 0 radical (unpaired) electrons. The summed E-state index contributed by atoms with van der Waals surface area (Å²) in [6.45, 7) is 1.42. The Hall–Kier alpha value is -3.38. The molecule has 1 fully saturated rings. The number of nitrogens with zero attached hydrogens (tertiary/aromatic N) is 1. The second-order valence-corrected chi connectivity index (χ2v) is 7.68. The molecule has 0 bridgehead atoms. The van der Waals surface area contributed by atoms with Crippen LogP contribution in [0.15, 0.2) is 60.7 Å². The van der Waals surface area contributed by atoms with E-state index < -0.39 is 5.97 Å². The van der Waals surface area contributed by atoms with E-state index in [1.54, 1.807) is 0 Å². The van der Waals surface area contributed by atoms with Gasteiger partial charge in [-0.1, -0.05) is 42.5 Å². The minimum atomic E-state index is -1.24. The Morgan fingerprint density at radius 3 is 2.57 bits per heavy atom. The molecule has 1 aliphatic carbocycles. The van der Waals surface area contributed by atoms with Gasteiger partial charge in [0.25, 0.3) is 0 Å². The van der Waals surface area contributed by atoms with Gasteiger partial charge < -0.3 is 15.5 Å². The van der Waals surface area contributed by atoms with Crippen molar-refractivity contribution in [2.75, 3.05) is 11.9 Å². The lowest BCUT2D eigenvalue weighted by Gasteiger charge is -2.22. The number of amides is 1. The van der Waals surface area contributed by atoms with Crippen molar-refractivity contribution in [1.82, 2.24) is 4.90 Å². The van der Waals surface area contributed by atoms with Gasteiger partial charge in [0.05, 0.1) is 0 Å². The quantitative estimate of drug-likeness (QED) is 0.489. The fourth-order valence-corrected chi connectivity index (χ4v) is 3.73. The summed E-state index contributed by atoms with van der Waals surface area (Å²) in [4.78, 5) is 25.9. The SMILES string of the molecule is O=C(CCN(Cc1cccc2ccccc12)C1CC1)Nc1ccc(O)c(C(=O)O)c1. The Bertz CT molecular complexity index is 1090. The standard InChI is InChI=1S/C24H24N2O4/c27-22-11-8-18(14-21(22)24(29)30)25-23(28)12-13-26(19-9-10-19)15-17-6-3-5-16-4-1-2-7-20(16)17/h1-8,11,14,19,27H,9-10,12-13,15H2,(H,25,28)(H,29,30). The molecule has 1 saturated carbocycles. The predicted molar refractivity (Wildman–Crippen MR) is 116 cm³/mol. The molecule has 0 saturated heterocycles. The van der Waals surface area contributed by atoms with E-state index in [1.165, 1.54) is 34.5 Å². The highest BCUT2D eigenvalue weighted by Gasteiger charge is 2.29. The summed E-state index contributed by atoms with van der Waals surface area (Å²) in [6.07, 6.45) is 2.60. The average Bonchev–Trinajstić information content (AvgIpc) is 3.57. The molecule has 3 N–H and O–H groups in total. The Kier molecular flexibility index (Phi) is 5.68. The molecular weight excluding hydrogens is 380 g/mol. The third kappa shape index (κ3) is 4.60. The van der Waals surface area contributed by atoms with E-state index in [9.17, 15) is 14.7 Å². The van der Waals surface area contributed by atoms with Crippen molar-refractivity contribution < 1.29 is 19.8 Å². The monoisotopic (exact) mass is 404 g/mol. The highest BCUT2D eigenvalue weighted by atomic mass is 16.4. The molecule has 1 amide bonds. The number of rotatable bonds is 8. The highest BCUT2D eigenvalue weighted by molar-refractivity contribution is 5.95. The van der Waals surface area contributed by atoms with Crippen LogP contribution in [0.5, 0.6) is 5.75 Å². The molecule has 0 atom stereocenters. The lowest BCUT2D eigenvalue weighted by atomic mass is 10.0. The number of anilines is 1. The fourth-order valence-electron chi connectivity index (χ4n) is 3.73. The van der Waals surface area contributed by atoms with Crippen LogP contribution >= 0.6 is 0 Å². The molecule has 154 valence electrons. The van der Waals surface area contributed by atoms with E-state index >= 15 is 0 Å². The van der Waals surface area contributed by atoms with Gasteiger partial charge in [0.2, 0.25) is 5.91 Å². The first kappa shape index (κ1) is 19.9. The van der Waals surface area contributed by atoms with Crippen molar-refractivity contribution in [3.05, 3.63) is 71.8 Å². The molecule has 3 aromatic rings. The van der Waals surface area contributed by atoms with Crippen LogP contribution in [0, 0.1) is 0 Å². The second kappa shape index (κ2) is 8.55. The van der Waals surface area contributed by atoms with Crippen molar-refractivity contribution in [3.8, 4) is 5.75 Å². The summed E-state index contributed by atoms with van der Waals surface area (Å²) >= 11 is 0. The Labute approximate surface area is 174 Å². The van der Waals surface area contributed by atoms with Gasteiger partial charge >= 0.3 is 5.97 Å². The van der Waals surface area contributed by atoms with E-state index in [4.69, 9.17) is 5.11 Å². The minimum Gasteiger partial charge on any atom is -0.507 e. The highest BCUT2D eigenvalue weighted by Crippen LogP contribution is 2.30. The first-order valence-corrected chi connectivity index (χ1v) is 10.1. The number of hydrogen-bond acceptors (Lipinski definition) is 4. The van der Waals surface area contributed by atoms with E-state index in [0.717, 1.165) is 19.4 Å². The molecule has 6 heteroatoms. The van der Waals surface area contributed by atoms with Gasteiger partial charge in [-0.25, -0.2) is 4.79 Å². The van der Waals surface area contributed by atoms with Gasteiger partial charge in [-0.15, -0.1) is 0 Å². The molecule has 6 nitrogen and oxygen atoms in total. The van der Waals surface area contributed by atoms with Gasteiger partial charge in [-0.05, 0) is 47.4 Å². The number of nitrogens with one attached hydrogen (secondary N) is 1. The van der Waals surface area contributed by atoms with E-state index in [2.05, 4.69) is 40.5 Å². The van der Waals surface area contributed by atoms with Crippen LogP contribution in [0.1, 0.15) is 35.2 Å². The summed E-state index contributed by atoms with van der Waals surface area (Å²) in [5.74, 6) is -1.74. The number of carboxylic acid groups (broad SMARTS) is 1. The zero-order chi connectivity index (χ0) is 21.1. The Morgan fingerprint density at radius 1 is 1.03 bits per heavy atom.